The first-order chi connectivity index (χ1) is 8.59. The minimum atomic E-state index is -0.0447. The Morgan fingerprint density at radius 2 is 2.22 bits per heavy atom. The van der Waals surface area contributed by atoms with Gasteiger partial charge in [-0.25, -0.2) is 4.98 Å². The van der Waals surface area contributed by atoms with Crippen LogP contribution in [0.1, 0.15) is 24.8 Å². The Morgan fingerprint density at radius 1 is 1.44 bits per heavy atom. The van der Waals surface area contributed by atoms with Crippen LogP contribution in [0.3, 0.4) is 0 Å². The Hall–Kier alpha value is -1.35. The average Bonchev–Trinajstić information content (AvgIpc) is 2.39. The first-order valence-electron chi connectivity index (χ1n) is 6.12. The highest BCUT2D eigenvalue weighted by atomic mass is 35.5. The lowest BCUT2D eigenvalue weighted by Crippen LogP contribution is -2.31. The molecule has 18 heavy (non-hydrogen) atoms. The summed E-state index contributed by atoms with van der Waals surface area (Å²) in [4.78, 5) is 17.9. The Kier molecular flexibility index (Phi) is 4.02. The summed E-state index contributed by atoms with van der Waals surface area (Å²) in [6, 6.07) is 3.70. The van der Waals surface area contributed by atoms with Crippen LogP contribution >= 0.6 is 11.6 Å². The summed E-state index contributed by atoms with van der Waals surface area (Å²) in [6.45, 7) is 0. The molecule has 1 aromatic rings. The van der Waals surface area contributed by atoms with E-state index in [9.17, 15) is 4.79 Å². The maximum Gasteiger partial charge on any atom is 0.229 e. The molecule has 1 unspecified atom stereocenters. The maximum atomic E-state index is 12.2. The lowest BCUT2D eigenvalue weighted by molar-refractivity contribution is -0.131. The van der Waals surface area contributed by atoms with Gasteiger partial charge in [0.05, 0.1) is 5.92 Å². The van der Waals surface area contributed by atoms with Crippen molar-refractivity contribution in [3.05, 3.63) is 35.1 Å². The molecule has 96 valence electrons. The summed E-state index contributed by atoms with van der Waals surface area (Å²) in [7, 11) is 3.60. The summed E-state index contributed by atoms with van der Waals surface area (Å²) in [5.41, 5.74) is 2.09. The summed E-state index contributed by atoms with van der Waals surface area (Å²) >= 11 is 5.79. The minimum absolute atomic E-state index is 0.0447. The number of carbonyl (C=O) groups is 1. The van der Waals surface area contributed by atoms with Gasteiger partial charge in [-0.05, 0) is 36.5 Å². The third-order valence-electron chi connectivity index (χ3n) is 3.24. The first-order valence-corrected chi connectivity index (χ1v) is 6.50. The highest BCUT2D eigenvalue weighted by Crippen LogP contribution is 2.33. The van der Waals surface area contributed by atoms with E-state index in [1.54, 1.807) is 31.3 Å². The SMILES string of the molecule is CN(C)C(=O)C1CCCC=C1c1ccc(Cl)nc1. The van der Waals surface area contributed by atoms with Crippen molar-refractivity contribution in [3.8, 4) is 0 Å². The Bertz CT molecular complexity index is 465. The van der Waals surface area contributed by atoms with Crippen molar-refractivity contribution in [2.24, 2.45) is 5.92 Å². The van der Waals surface area contributed by atoms with Crippen molar-refractivity contribution in [2.45, 2.75) is 19.3 Å². The number of hydrogen-bond acceptors (Lipinski definition) is 2. The van der Waals surface area contributed by atoms with E-state index in [0.29, 0.717) is 5.15 Å². The zero-order valence-corrected chi connectivity index (χ0v) is 11.4. The largest absolute Gasteiger partial charge is 0.348 e. The van der Waals surface area contributed by atoms with E-state index in [1.807, 2.05) is 6.07 Å². The van der Waals surface area contributed by atoms with Gasteiger partial charge in [0.2, 0.25) is 5.91 Å². The van der Waals surface area contributed by atoms with Crippen LogP contribution in [0.25, 0.3) is 5.57 Å². The van der Waals surface area contributed by atoms with Crippen LogP contribution in [0.4, 0.5) is 0 Å². The number of nitrogens with zero attached hydrogens (tertiary/aromatic N) is 2. The fourth-order valence-corrected chi connectivity index (χ4v) is 2.42. The van der Waals surface area contributed by atoms with Crippen LogP contribution in [-0.4, -0.2) is 29.9 Å². The van der Waals surface area contributed by atoms with Gasteiger partial charge in [-0.1, -0.05) is 23.7 Å². The van der Waals surface area contributed by atoms with Crippen LogP contribution < -0.4 is 0 Å². The molecule has 1 aliphatic rings. The molecule has 2 rings (SSSR count). The minimum Gasteiger partial charge on any atom is -0.348 e. The standard InChI is InChI=1S/C14H17ClN2O/c1-17(2)14(18)12-6-4-3-5-11(12)10-7-8-13(15)16-9-10/h5,7-9,12H,3-4,6H2,1-2H3. The molecule has 1 heterocycles. The van der Waals surface area contributed by atoms with Crippen LogP contribution in [0.2, 0.25) is 5.15 Å². The van der Waals surface area contributed by atoms with E-state index in [1.165, 1.54) is 0 Å². The van der Waals surface area contributed by atoms with Crippen LogP contribution in [0, 0.1) is 5.92 Å². The monoisotopic (exact) mass is 264 g/mol. The van der Waals surface area contributed by atoms with Gasteiger partial charge in [-0.15, -0.1) is 0 Å². The van der Waals surface area contributed by atoms with E-state index in [2.05, 4.69) is 11.1 Å². The average molecular weight is 265 g/mol. The lowest BCUT2D eigenvalue weighted by atomic mass is 9.83. The van der Waals surface area contributed by atoms with Crippen molar-refractivity contribution in [1.82, 2.24) is 9.88 Å². The molecule has 1 aromatic heterocycles. The summed E-state index contributed by atoms with van der Waals surface area (Å²) in [6.07, 6.45) is 6.89. The van der Waals surface area contributed by atoms with Crippen molar-refractivity contribution in [2.75, 3.05) is 14.1 Å². The number of halogens is 1. The van der Waals surface area contributed by atoms with Crippen molar-refractivity contribution in [3.63, 3.8) is 0 Å². The van der Waals surface area contributed by atoms with E-state index in [4.69, 9.17) is 11.6 Å². The van der Waals surface area contributed by atoms with Crippen LogP contribution in [0.15, 0.2) is 24.4 Å². The molecule has 1 amide bonds. The van der Waals surface area contributed by atoms with Crippen molar-refractivity contribution < 1.29 is 4.79 Å². The second-order valence-corrected chi connectivity index (χ2v) is 5.13. The predicted octanol–water partition coefficient (Wildman–Crippen LogP) is 3.01. The summed E-state index contributed by atoms with van der Waals surface area (Å²) < 4.78 is 0. The topological polar surface area (TPSA) is 33.2 Å². The zero-order chi connectivity index (χ0) is 13.1. The Morgan fingerprint density at radius 3 is 2.83 bits per heavy atom. The normalized spacial score (nSPS) is 19.3. The molecule has 1 aliphatic carbocycles. The molecule has 0 aromatic carbocycles. The molecule has 0 fully saturated rings. The zero-order valence-electron chi connectivity index (χ0n) is 10.7. The molecule has 1 atom stereocenters. The second-order valence-electron chi connectivity index (χ2n) is 4.75. The quantitative estimate of drug-likeness (QED) is 0.770. The predicted molar refractivity (Wildman–Crippen MR) is 73.3 cm³/mol. The van der Waals surface area contributed by atoms with Gasteiger partial charge < -0.3 is 4.90 Å². The van der Waals surface area contributed by atoms with Gasteiger partial charge in [-0.2, -0.15) is 0 Å². The molecule has 3 nitrogen and oxygen atoms in total. The van der Waals surface area contributed by atoms with Gasteiger partial charge in [0.1, 0.15) is 5.15 Å². The number of amides is 1. The maximum absolute atomic E-state index is 12.2. The summed E-state index contributed by atoms with van der Waals surface area (Å²) in [5, 5.41) is 0.477. The number of aromatic nitrogens is 1. The van der Waals surface area contributed by atoms with E-state index < -0.39 is 0 Å². The van der Waals surface area contributed by atoms with Gasteiger partial charge in [0, 0.05) is 20.3 Å². The molecule has 0 radical (unpaired) electrons. The number of pyridine rings is 1. The van der Waals surface area contributed by atoms with E-state index in [0.717, 1.165) is 30.4 Å². The lowest BCUT2D eigenvalue weighted by Gasteiger charge is -2.26. The van der Waals surface area contributed by atoms with Crippen LogP contribution in [0.5, 0.6) is 0 Å². The smallest absolute Gasteiger partial charge is 0.229 e. The highest BCUT2D eigenvalue weighted by Gasteiger charge is 2.27. The fourth-order valence-electron chi connectivity index (χ4n) is 2.31. The van der Waals surface area contributed by atoms with E-state index in [-0.39, 0.29) is 11.8 Å². The van der Waals surface area contributed by atoms with Gasteiger partial charge in [-0.3, -0.25) is 4.79 Å². The molecule has 4 heteroatoms. The van der Waals surface area contributed by atoms with Crippen molar-refractivity contribution in [1.29, 1.82) is 0 Å². The van der Waals surface area contributed by atoms with E-state index >= 15 is 0 Å². The molecular weight excluding hydrogens is 248 g/mol. The van der Waals surface area contributed by atoms with Crippen LogP contribution in [-0.2, 0) is 4.79 Å². The van der Waals surface area contributed by atoms with Gasteiger partial charge in [0.15, 0.2) is 0 Å². The molecule has 0 spiro atoms. The number of hydrogen-bond donors (Lipinski definition) is 0. The third-order valence-corrected chi connectivity index (χ3v) is 3.46. The number of rotatable bonds is 2. The number of carbonyl (C=O) groups excluding carboxylic acids is 1. The summed E-state index contributed by atoms with van der Waals surface area (Å²) in [5.74, 6) is 0.118. The molecule has 0 N–H and O–H groups in total. The molecule has 0 bridgehead atoms. The molecule has 0 aliphatic heterocycles. The molecular formula is C14H17ClN2O. The van der Waals surface area contributed by atoms with Gasteiger partial charge in [0.25, 0.3) is 0 Å². The Labute approximate surface area is 112 Å². The Balaban J connectivity index is 2.31. The number of allylic oxidation sites excluding steroid dienone is 1. The fraction of sp³-hybridized carbons (Fsp3) is 0.429. The molecule has 0 saturated carbocycles. The third kappa shape index (κ3) is 2.72. The second kappa shape index (κ2) is 5.53. The van der Waals surface area contributed by atoms with Gasteiger partial charge >= 0.3 is 0 Å². The highest BCUT2D eigenvalue weighted by molar-refractivity contribution is 6.29. The first kappa shape index (κ1) is 13.1. The van der Waals surface area contributed by atoms with Crippen molar-refractivity contribution >= 4 is 23.1 Å². The molecule has 0 saturated heterocycles.